The van der Waals surface area contributed by atoms with Gasteiger partial charge in [0.05, 0.1) is 30.2 Å². The summed E-state index contributed by atoms with van der Waals surface area (Å²) in [5, 5.41) is 15.2. The van der Waals surface area contributed by atoms with Gasteiger partial charge in [-0.25, -0.2) is 8.78 Å². The molecule has 1 saturated heterocycles. The normalized spacial score (nSPS) is 16.5. The van der Waals surface area contributed by atoms with E-state index in [9.17, 15) is 18.4 Å². The number of ether oxygens (including phenoxy) is 1. The zero-order valence-corrected chi connectivity index (χ0v) is 19.6. The Morgan fingerprint density at radius 3 is 2.81 bits per heavy atom. The average molecular weight is 494 g/mol. The summed E-state index contributed by atoms with van der Waals surface area (Å²) in [7, 11) is 1.85. The van der Waals surface area contributed by atoms with Crippen LogP contribution in [0.2, 0.25) is 0 Å². The standard InChI is InChI=1S/C26H25F2N5O3/c1-30-9-10-36-20-4-2-3-17(11-20)18-5-6-21-22(7-8-31-23(21)12-18)25(35)32-15-24(34)33-16-26(27,28)13-19(33)14-29/h2-8,11-12,19,30H,9-10,13,15-16H2,1H3,(H,32,35). The Bertz CT molecular complexity index is 1320. The van der Waals surface area contributed by atoms with Crippen molar-refractivity contribution in [3.8, 4) is 22.9 Å². The minimum atomic E-state index is -3.11. The molecule has 1 atom stereocenters. The van der Waals surface area contributed by atoms with Crippen molar-refractivity contribution in [3.63, 3.8) is 0 Å². The van der Waals surface area contributed by atoms with Crippen molar-refractivity contribution >= 4 is 22.7 Å². The van der Waals surface area contributed by atoms with E-state index in [-0.39, 0.29) is 0 Å². The first kappa shape index (κ1) is 25.0. The van der Waals surface area contributed by atoms with Gasteiger partial charge >= 0.3 is 0 Å². The Hall–Kier alpha value is -4.10. The molecule has 0 spiro atoms. The van der Waals surface area contributed by atoms with E-state index in [1.165, 1.54) is 12.3 Å². The van der Waals surface area contributed by atoms with Gasteiger partial charge in [0.1, 0.15) is 18.4 Å². The van der Waals surface area contributed by atoms with Crippen molar-refractivity contribution in [2.45, 2.75) is 18.4 Å². The van der Waals surface area contributed by atoms with Crippen molar-refractivity contribution in [1.82, 2.24) is 20.5 Å². The molecule has 1 aliphatic heterocycles. The first-order valence-corrected chi connectivity index (χ1v) is 11.4. The van der Waals surface area contributed by atoms with Crippen molar-refractivity contribution in [3.05, 3.63) is 60.3 Å². The van der Waals surface area contributed by atoms with Crippen LogP contribution in [-0.2, 0) is 4.79 Å². The molecule has 4 rings (SSSR count). The lowest BCUT2D eigenvalue weighted by Gasteiger charge is -2.19. The van der Waals surface area contributed by atoms with E-state index in [4.69, 9.17) is 10.00 Å². The molecule has 1 aromatic heterocycles. The second kappa shape index (κ2) is 10.7. The summed E-state index contributed by atoms with van der Waals surface area (Å²) in [6.07, 6.45) is 0.790. The number of nitrogens with one attached hydrogen (secondary N) is 2. The predicted octanol–water partition coefficient (Wildman–Crippen LogP) is 2.99. The summed E-state index contributed by atoms with van der Waals surface area (Å²) in [4.78, 5) is 30.4. The lowest BCUT2D eigenvalue weighted by molar-refractivity contribution is -0.131. The van der Waals surface area contributed by atoms with Gasteiger partial charge in [0, 0.05) is 24.5 Å². The highest BCUT2D eigenvalue weighted by Crippen LogP contribution is 2.32. The summed E-state index contributed by atoms with van der Waals surface area (Å²) in [5.41, 5.74) is 2.69. The number of pyridine rings is 1. The Balaban J connectivity index is 1.48. The molecule has 2 heterocycles. The van der Waals surface area contributed by atoms with Gasteiger partial charge in [-0.15, -0.1) is 0 Å². The highest BCUT2D eigenvalue weighted by atomic mass is 19.3. The first-order chi connectivity index (χ1) is 17.3. The molecule has 2 amide bonds. The number of likely N-dealkylation sites (tertiary alicyclic amines) is 1. The molecule has 1 fully saturated rings. The number of likely N-dealkylation sites (N-methyl/N-ethyl adjacent to an activating group) is 1. The Labute approximate surface area is 206 Å². The van der Waals surface area contributed by atoms with Gasteiger partial charge in [-0.1, -0.05) is 24.3 Å². The van der Waals surface area contributed by atoms with Crippen LogP contribution in [0.5, 0.6) is 5.75 Å². The number of nitrogens with zero attached hydrogens (tertiary/aromatic N) is 3. The predicted molar refractivity (Wildman–Crippen MR) is 130 cm³/mol. The van der Waals surface area contributed by atoms with Crippen LogP contribution in [0.1, 0.15) is 16.8 Å². The van der Waals surface area contributed by atoms with Crippen LogP contribution in [0.4, 0.5) is 8.78 Å². The lowest BCUT2D eigenvalue weighted by atomic mass is 10.0. The van der Waals surface area contributed by atoms with E-state index < -0.39 is 43.3 Å². The molecule has 3 aromatic rings. The molecular weight excluding hydrogens is 468 g/mol. The summed E-state index contributed by atoms with van der Waals surface area (Å²) >= 11 is 0. The van der Waals surface area contributed by atoms with Crippen LogP contribution in [0, 0.1) is 11.3 Å². The fraction of sp³-hybridized carbons (Fsp3) is 0.308. The number of fused-ring (bicyclic) bond motifs is 1. The highest BCUT2D eigenvalue weighted by molar-refractivity contribution is 6.07. The third-order valence-electron chi connectivity index (χ3n) is 5.91. The summed E-state index contributed by atoms with van der Waals surface area (Å²) in [6.45, 7) is -0.0561. The minimum absolute atomic E-state index is 0.298. The van der Waals surface area contributed by atoms with Crippen LogP contribution in [0.25, 0.3) is 22.0 Å². The fourth-order valence-electron chi connectivity index (χ4n) is 4.11. The summed E-state index contributed by atoms with van der Waals surface area (Å²) < 4.78 is 33.0. The maximum atomic E-state index is 13.6. The van der Waals surface area contributed by atoms with Crippen LogP contribution < -0.4 is 15.4 Å². The summed E-state index contributed by atoms with van der Waals surface area (Å²) in [6, 6.07) is 15.2. The van der Waals surface area contributed by atoms with Gasteiger partial charge in [0.15, 0.2) is 0 Å². The number of nitriles is 1. The summed E-state index contributed by atoms with van der Waals surface area (Å²) in [5.74, 6) is -3.65. The first-order valence-electron chi connectivity index (χ1n) is 11.4. The maximum Gasteiger partial charge on any atom is 0.268 e. The molecule has 0 radical (unpaired) electrons. The van der Waals surface area contributed by atoms with E-state index in [2.05, 4.69) is 15.6 Å². The van der Waals surface area contributed by atoms with Crippen molar-refractivity contribution in [1.29, 1.82) is 5.26 Å². The Kier molecular flexibility index (Phi) is 7.41. The van der Waals surface area contributed by atoms with Gasteiger partial charge in [0.2, 0.25) is 5.91 Å². The monoisotopic (exact) mass is 493 g/mol. The molecular formula is C26H25F2N5O3. The molecule has 186 valence electrons. The van der Waals surface area contributed by atoms with Gasteiger partial charge in [-0.2, -0.15) is 5.26 Å². The zero-order valence-electron chi connectivity index (χ0n) is 19.6. The van der Waals surface area contributed by atoms with Crippen LogP contribution >= 0.6 is 0 Å². The van der Waals surface area contributed by atoms with Gasteiger partial charge in [-0.3, -0.25) is 14.6 Å². The fourth-order valence-corrected chi connectivity index (χ4v) is 4.11. The lowest BCUT2D eigenvalue weighted by Crippen LogP contribution is -2.43. The quantitative estimate of drug-likeness (QED) is 0.467. The van der Waals surface area contributed by atoms with Crippen molar-refractivity contribution in [2.75, 3.05) is 33.3 Å². The molecule has 2 aromatic carbocycles. The number of carbonyl (C=O) groups is 2. The number of rotatable bonds is 8. The molecule has 36 heavy (non-hydrogen) atoms. The number of hydrogen-bond acceptors (Lipinski definition) is 6. The number of hydrogen-bond donors (Lipinski definition) is 2. The number of carbonyl (C=O) groups excluding carboxylic acids is 2. The molecule has 0 bridgehead atoms. The van der Waals surface area contributed by atoms with E-state index >= 15 is 0 Å². The van der Waals surface area contributed by atoms with E-state index in [0.717, 1.165) is 28.3 Å². The highest BCUT2D eigenvalue weighted by Gasteiger charge is 2.47. The van der Waals surface area contributed by atoms with Crippen molar-refractivity contribution < 1.29 is 23.1 Å². The second-order valence-corrected chi connectivity index (χ2v) is 8.48. The van der Waals surface area contributed by atoms with Gasteiger partial charge < -0.3 is 20.3 Å². The average Bonchev–Trinajstić information content (AvgIpc) is 3.21. The zero-order chi connectivity index (χ0) is 25.7. The third-order valence-corrected chi connectivity index (χ3v) is 5.91. The molecule has 10 heteroatoms. The SMILES string of the molecule is CNCCOc1cccc(-c2ccc3c(C(=O)NCC(=O)N4CC(F)(F)CC4C#N)ccnc3c2)c1. The van der Waals surface area contributed by atoms with Crippen LogP contribution in [-0.4, -0.2) is 67.0 Å². The molecule has 2 N–H and O–H groups in total. The van der Waals surface area contributed by atoms with Crippen LogP contribution in [0.15, 0.2) is 54.7 Å². The largest absolute Gasteiger partial charge is 0.492 e. The van der Waals surface area contributed by atoms with Crippen molar-refractivity contribution in [2.24, 2.45) is 0 Å². The minimum Gasteiger partial charge on any atom is -0.492 e. The van der Waals surface area contributed by atoms with E-state index in [1.807, 2.05) is 43.4 Å². The Morgan fingerprint density at radius 1 is 1.22 bits per heavy atom. The maximum absolute atomic E-state index is 13.6. The number of aromatic nitrogens is 1. The second-order valence-electron chi connectivity index (χ2n) is 8.48. The third kappa shape index (κ3) is 5.58. The number of amides is 2. The molecule has 1 aliphatic rings. The Morgan fingerprint density at radius 2 is 2.03 bits per heavy atom. The number of alkyl halides is 2. The number of halogens is 2. The molecule has 8 nitrogen and oxygen atoms in total. The molecule has 1 unspecified atom stereocenters. The van der Waals surface area contributed by atoms with Gasteiger partial charge in [-0.05, 0) is 42.4 Å². The smallest absolute Gasteiger partial charge is 0.268 e. The topological polar surface area (TPSA) is 107 Å². The van der Waals surface area contributed by atoms with Crippen LogP contribution in [0.3, 0.4) is 0 Å². The van der Waals surface area contributed by atoms with Gasteiger partial charge in [0.25, 0.3) is 11.8 Å². The molecule has 0 saturated carbocycles. The molecule has 0 aliphatic carbocycles. The van der Waals surface area contributed by atoms with E-state index in [0.29, 0.717) is 23.1 Å². The number of benzene rings is 2. The van der Waals surface area contributed by atoms with E-state index in [1.54, 1.807) is 12.1 Å².